The fourth-order valence-corrected chi connectivity index (χ4v) is 4.58. The lowest BCUT2D eigenvalue weighted by Crippen LogP contribution is -2.41. The maximum atomic E-state index is 13.9. The van der Waals surface area contributed by atoms with Gasteiger partial charge in [-0.05, 0) is 44.2 Å². The molecule has 1 N–H and O–H groups in total. The van der Waals surface area contributed by atoms with Crippen LogP contribution >= 0.6 is 11.8 Å². The second-order valence-corrected chi connectivity index (χ2v) is 9.74. The van der Waals surface area contributed by atoms with E-state index >= 15 is 0 Å². The zero-order chi connectivity index (χ0) is 21.7. The molecule has 30 heavy (non-hydrogen) atoms. The number of nitrogens with zero attached hydrogens (tertiary/aromatic N) is 3. The van der Waals surface area contributed by atoms with Gasteiger partial charge < -0.3 is 14.6 Å². The number of benzene rings is 1. The molecule has 1 aromatic heterocycles. The minimum absolute atomic E-state index is 0.0334. The molecular weight excluding hydrogens is 403 g/mol. The lowest BCUT2D eigenvalue weighted by molar-refractivity contribution is -0.135. The largest absolute Gasteiger partial charge is 0.376 e. The second kappa shape index (κ2) is 9.92. The molecule has 0 saturated carbocycles. The van der Waals surface area contributed by atoms with Crippen LogP contribution in [0.1, 0.15) is 51.9 Å². The van der Waals surface area contributed by atoms with E-state index in [4.69, 9.17) is 4.74 Å². The monoisotopic (exact) mass is 434 g/mol. The van der Waals surface area contributed by atoms with Gasteiger partial charge in [0.1, 0.15) is 5.82 Å². The van der Waals surface area contributed by atoms with Crippen LogP contribution in [0.2, 0.25) is 0 Å². The van der Waals surface area contributed by atoms with Crippen molar-refractivity contribution in [2.75, 3.05) is 6.61 Å². The summed E-state index contributed by atoms with van der Waals surface area (Å²) in [6.07, 6.45) is 1.44. The Morgan fingerprint density at radius 3 is 2.83 bits per heavy atom. The summed E-state index contributed by atoms with van der Waals surface area (Å²) >= 11 is 1.46. The number of ether oxygens (including phenoxy) is 1. The molecule has 1 aromatic carbocycles. The Balaban J connectivity index is 1.65. The lowest BCUT2D eigenvalue weighted by Gasteiger charge is -2.34. The Kier molecular flexibility index (Phi) is 7.52. The zero-order valence-electron chi connectivity index (χ0n) is 18.2. The van der Waals surface area contributed by atoms with Crippen LogP contribution in [0.3, 0.4) is 0 Å². The Morgan fingerprint density at radius 2 is 2.13 bits per heavy atom. The van der Waals surface area contributed by atoms with Crippen molar-refractivity contribution in [3.63, 3.8) is 0 Å². The van der Waals surface area contributed by atoms with Gasteiger partial charge in [0.25, 0.3) is 0 Å². The third kappa shape index (κ3) is 6.04. The fraction of sp³-hybridized carbons (Fsp3) is 0.591. The van der Waals surface area contributed by atoms with Crippen molar-refractivity contribution >= 4 is 17.7 Å². The number of amides is 1. The van der Waals surface area contributed by atoms with Crippen molar-refractivity contribution in [1.82, 2.24) is 20.1 Å². The smallest absolute Gasteiger partial charge is 0.223 e. The van der Waals surface area contributed by atoms with Crippen LogP contribution in [-0.2, 0) is 28.4 Å². The normalized spacial score (nSPS) is 18.5. The average Bonchev–Trinajstić information content (AvgIpc) is 3.05. The summed E-state index contributed by atoms with van der Waals surface area (Å²) in [6.45, 7) is 9.95. The summed E-state index contributed by atoms with van der Waals surface area (Å²) in [5.74, 6) is 1.36. The van der Waals surface area contributed by atoms with E-state index in [-0.39, 0.29) is 23.2 Å². The van der Waals surface area contributed by atoms with Crippen molar-refractivity contribution < 1.29 is 13.9 Å². The number of hydrogen-bond acceptors (Lipinski definition) is 5. The molecule has 2 aromatic rings. The summed E-state index contributed by atoms with van der Waals surface area (Å²) in [7, 11) is 0. The van der Waals surface area contributed by atoms with Crippen LogP contribution in [0.15, 0.2) is 29.4 Å². The first kappa shape index (κ1) is 22.7. The van der Waals surface area contributed by atoms with Crippen LogP contribution < -0.4 is 5.32 Å². The van der Waals surface area contributed by atoms with Crippen LogP contribution in [-0.4, -0.2) is 32.9 Å². The van der Waals surface area contributed by atoms with Crippen molar-refractivity contribution in [3.05, 3.63) is 41.5 Å². The molecule has 0 radical (unpaired) electrons. The van der Waals surface area contributed by atoms with E-state index in [1.807, 2.05) is 24.5 Å². The first-order valence-corrected chi connectivity index (χ1v) is 11.4. The Hall–Kier alpha value is -1.93. The average molecular weight is 435 g/mol. The van der Waals surface area contributed by atoms with Gasteiger partial charge in [0.05, 0.1) is 12.1 Å². The lowest BCUT2D eigenvalue weighted by atomic mass is 9.88. The van der Waals surface area contributed by atoms with E-state index < -0.39 is 0 Å². The van der Waals surface area contributed by atoms with E-state index in [1.165, 1.54) is 17.8 Å². The Labute approximate surface area is 182 Å². The first-order chi connectivity index (χ1) is 14.2. The van der Waals surface area contributed by atoms with Crippen molar-refractivity contribution in [2.45, 2.75) is 70.1 Å². The quantitative estimate of drug-likeness (QED) is 0.631. The number of aromatic nitrogens is 3. The summed E-state index contributed by atoms with van der Waals surface area (Å²) in [5.41, 5.74) is 0.368. The maximum absolute atomic E-state index is 13.9. The molecule has 3 rings (SSSR count). The molecule has 8 heteroatoms. The number of carbonyl (C=O) groups is 1. The summed E-state index contributed by atoms with van der Waals surface area (Å²) < 4.78 is 21.7. The van der Waals surface area contributed by atoms with E-state index in [2.05, 4.69) is 29.4 Å². The fourth-order valence-electron chi connectivity index (χ4n) is 3.63. The summed E-state index contributed by atoms with van der Waals surface area (Å²) in [4.78, 5) is 12.7. The molecule has 0 spiro atoms. The van der Waals surface area contributed by atoms with Gasteiger partial charge in [-0.2, -0.15) is 0 Å². The molecule has 6 nitrogen and oxygen atoms in total. The number of hydrogen-bond donors (Lipinski definition) is 1. The van der Waals surface area contributed by atoms with Crippen molar-refractivity contribution in [3.8, 4) is 0 Å². The number of carbonyl (C=O) groups excluding carboxylic acids is 1. The maximum Gasteiger partial charge on any atom is 0.223 e. The highest BCUT2D eigenvalue weighted by Crippen LogP contribution is 2.29. The van der Waals surface area contributed by atoms with Crippen molar-refractivity contribution in [2.24, 2.45) is 11.8 Å². The van der Waals surface area contributed by atoms with E-state index in [0.29, 0.717) is 36.8 Å². The van der Waals surface area contributed by atoms with E-state index in [1.54, 1.807) is 12.1 Å². The van der Waals surface area contributed by atoms with E-state index in [9.17, 15) is 9.18 Å². The minimum Gasteiger partial charge on any atom is -0.376 e. The molecule has 1 saturated heterocycles. The minimum atomic E-state index is -0.269. The highest BCUT2D eigenvalue weighted by atomic mass is 32.2. The molecule has 1 atom stereocenters. The van der Waals surface area contributed by atoms with Gasteiger partial charge in [-0.25, -0.2) is 4.39 Å². The summed E-state index contributed by atoms with van der Waals surface area (Å²) in [6, 6.07) is 6.76. The molecule has 0 unspecified atom stereocenters. The van der Waals surface area contributed by atoms with Gasteiger partial charge in [0.2, 0.25) is 5.91 Å². The van der Waals surface area contributed by atoms with Crippen LogP contribution in [0.5, 0.6) is 0 Å². The molecule has 1 aliphatic rings. The van der Waals surface area contributed by atoms with Gasteiger partial charge in [-0.15, -0.1) is 10.2 Å². The van der Waals surface area contributed by atoms with Gasteiger partial charge in [0.15, 0.2) is 11.0 Å². The predicted octanol–water partition coefficient (Wildman–Crippen LogP) is 4.19. The number of halogens is 1. The van der Waals surface area contributed by atoms with E-state index in [0.717, 1.165) is 23.9 Å². The highest BCUT2D eigenvalue weighted by molar-refractivity contribution is 7.98. The van der Waals surface area contributed by atoms with Gasteiger partial charge >= 0.3 is 0 Å². The number of rotatable bonds is 8. The third-order valence-electron chi connectivity index (χ3n) is 5.14. The zero-order valence-corrected chi connectivity index (χ0v) is 19.0. The number of thioether (sulfide) groups is 1. The molecule has 1 amide bonds. The van der Waals surface area contributed by atoms with Crippen LogP contribution in [0.4, 0.5) is 4.39 Å². The molecule has 0 bridgehead atoms. The highest BCUT2D eigenvalue weighted by Gasteiger charge is 2.32. The molecule has 1 aliphatic heterocycles. The van der Waals surface area contributed by atoms with Gasteiger partial charge in [0, 0.05) is 24.8 Å². The van der Waals surface area contributed by atoms with Crippen molar-refractivity contribution in [1.29, 1.82) is 0 Å². The van der Waals surface area contributed by atoms with Crippen LogP contribution in [0, 0.1) is 17.7 Å². The standard InChI is InChI=1S/C22H31FN4O2S/c1-15(2)13-27-19(12-24-20(28)16-9-10-29-22(3,4)11-16)25-26-21(27)30-14-17-7-5-6-8-18(17)23/h5-8,15-16H,9-14H2,1-4H3,(H,24,28)/t16-/m0/s1. The molecule has 0 aliphatic carbocycles. The summed E-state index contributed by atoms with van der Waals surface area (Å²) in [5, 5.41) is 12.4. The predicted molar refractivity (Wildman–Crippen MR) is 115 cm³/mol. The third-order valence-corrected chi connectivity index (χ3v) is 6.16. The van der Waals surface area contributed by atoms with Gasteiger partial charge in [-0.3, -0.25) is 4.79 Å². The molecule has 164 valence electrons. The Bertz CT molecular complexity index is 869. The number of nitrogens with one attached hydrogen (secondary N) is 1. The Morgan fingerprint density at radius 1 is 1.37 bits per heavy atom. The first-order valence-electron chi connectivity index (χ1n) is 10.4. The molecular formula is C22H31FN4O2S. The topological polar surface area (TPSA) is 69.0 Å². The molecule has 1 fully saturated rings. The SMILES string of the molecule is CC(C)Cn1c(CNC(=O)[C@H]2CCOC(C)(C)C2)nnc1SCc1ccccc1F. The van der Waals surface area contributed by atoms with Crippen LogP contribution in [0.25, 0.3) is 0 Å². The second-order valence-electron chi connectivity index (χ2n) is 8.80. The van der Waals surface area contributed by atoms with Gasteiger partial charge in [-0.1, -0.05) is 43.8 Å². The molecule has 2 heterocycles.